The highest BCUT2D eigenvalue weighted by Gasteiger charge is 2.32. The van der Waals surface area contributed by atoms with Gasteiger partial charge >= 0.3 is 0 Å². The zero-order valence-corrected chi connectivity index (χ0v) is 12.5. The second-order valence-corrected chi connectivity index (χ2v) is 5.82. The summed E-state index contributed by atoms with van der Waals surface area (Å²) in [5.41, 5.74) is 2.41. The first-order valence-electron chi connectivity index (χ1n) is 7.50. The van der Waals surface area contributed by atoms with Crippen molar-refractivity contribution in [3.63, 3.8) is 0 Å². The average molecular weight is 269 g/mol. The molecular weight excluding hydrogens is 246 g/mol. The van der Waals surface area contributed by atoms with Crippen molar-refractivity contribution in [1.29, 1.82) is 0 Å². The quantitative estimate of drug-likeness (QED) is 0.908. The van der Waals surface area contributed by atoms with E-state index in [0.29, 0.717) is 18.0 Å². The van der Waals surface area contributed by atoms with Crippen LogP contribution in [0.3, 0.4) is 0 Å². The monoisotopic (exact) mass is 269 g/mol. The Morgan fingerprint density at radius 1 is 1.20 bits per heavy atom. The third kappa shape index (κ3) is 2.16. The van der Waals surface area contributed by atoms with Gasteiger partial charge in [0.05, 0.1) is 5.52 Å². The summed E-state index contributed by atoms with van der Waals surface area (Å²) >= 11 is 0. The second kappa shape index (κ2) is 5.41. The predicted molar refractivity (Wildman–Crippen MR) is 85.2 cm³/mol. The number of hydrogen-bond donors (Lipinski definition) is 1. The van der Waals surface area contributed by atoms with Gasteiger partial charge in [-0.05, 0) is 50.6 Å². The standard InChI is InChI=1S/C17H23N3/c1-12-13(2)20(11-9-15(12)18-3)17-8-4-7-16-14(17)6-5-10-19-16/h4-8,10,12-13,15,18H,9,11H2,1-3H3. The van der Waals surface area contributed by atoms with Crippen molar-refractivity contribution in [3.8, 4) is 0 Å². The molecule has 20 heavy (non-hydrogen) atoms. The fraction of sp³-hybridized carbons (Fsp3) is 0.471. The van der Waals surface area contributed by atoms with Crippen molar-refractivity contribution in [2.45, 2.75) is 32.4 Å². The van der Waals surface area contributed by atoms with Crippen LogP contribution in [0.25, 0.3) is 10.9 Å². The zero-order valence-electron chi connectivity index (χ0n) is 12.5. The highest BCUT2D eigenvalue weighted by atomic mass is 15.2. The normalized spacial score (nSPS) is 26.9. The van der Waals surface area contributed by atoms with Crippen LogP contribution < -0.4 is 10.2 Å². The number of nitrogens with zero attached hydrogens (tertiary/aromatic N) is 2. The van der Waals surface area contributed by atoms with Crippen LogP contribution in [0, 0.1) is 5.92 Å². The summed E-state index contributed by atoms with van der Waals surface area (Å²) in [5.74, 6) is 0.640. The molecule has 106 valence electrons. The molecule has 1 saturated heterocycles. The highest BCUT2D eigenvalue weighted by molar-refractivity contribution is 5.91. The summed E-state index contributed by atoms with van der Waals surface area (Å²) < 4.78 is 0. The minimum Gasteiger partial charge on any atom is -0.368 e. The van der Waals surface area contributed by atoms with Crippen molar-refractivity contribution in [3.05, 3.63) is 36.5 Å². The van der Waals surface area contributed by atoms with Gasteiger partial charge in [-0.25, -0.2) is 0 Å². The number of aromatic nitrogens is 1. The van der Waals surface area contributed by atoms with Crippen molar-refractivity contribution in [2.24, 2.45) is 5.92 Å². The van der Waals surface area contributed by atoms with Crippen LogP contribution in [-0.2, 0) is 0 Å². The van der Waals surface area contributed by atoms with Crippen LogP contribution >= 0.6 is 0 Å². The number of rotatable bonds is 2. The number of hydrogen-bond acceptors (Lipinski definition) is 3. The highest BCUT2D eigenvalue weighted by Crippen LogP contribution is 2.33. The largest absolute Gasteiger partial charge is 0.368 e. The van der Waals surface area contributed by atoms with Crippen molar-refractivity contribution >= 4 is 16.6 Å². The SMILES string of the molecule is CNC1CCN(c2cccc3ncccc23)C(C)C1C. The van der Waals surface area contributed by atoms with Gasteiger partial charge in [0.15, 0.2) is 0 Å². The minimum absolute atomic E-state index is 0.534. The van der Waals surface area contributed by atoms with Crippen LogP contribution in [0.15, 0.2) is 36.5 Å². The lowest BCUT2D eigenvalue weighted by atomic mass is 9.86. The van der Waals surface area contributed by atoms with Crippen LogP contribution in [0.4, 0.5) is 5.69 Å². The van der Waals surface area contributed by atoms with E-state index in [-0.39, 0.29) is 0 Å². The molecule has 0 amide bonds. The van der Waals surface area contributed by atoms with Crippen molar-refractivity contribution < 1.29 is 0 Å². The molecule has 2 heterocycles. The van der Waals surface area contributed by atoms with E-state index in [1.807, 2.05) is 12.3 Å². The van der Waals surface area contributed by atoms with Gasteiger partial charge < -0.3 is 10.2 Å². The summed E-state index contributed by atoms with van der Waals surface area (Å²) in [7, 11) is 2.07. The van der Waals surface area contributed by atoms with Crippen LogP contribution in [0.2, 0.25) is 0 Å². The topological polar surface area (TPSA) is 28.2 Å². The Labute approximate surface area is 121 Å². The van der Waals surface area contributed by atoms with Crippen LogP contribution in [-0.4, -0.2) is 30.7 Å². The molecule has 3 unspecified atom stereocenters. The van der Waals surface area contributed by atoms with E-state index in [9.17, 15) is 0 Å². The number of piperidine rings is 1. The first-order valence-corrected chi connectivity index (χ1v) is 7.50. The number of fused-ring (bicyclic) bond motifs is 1. The molecule has 1 aliphatic heterocycles. The summed E-state index contributed by atoms with van der Waals surface area (Å²) in [6.45, 7) is 5.79. The van der Waals surface area contributed by atoms with E-state index in [1.54, 1.807) is 0 Å². The van der Waals surface area contributed by atoms with Gasteiger partial charge in [-0.2, -0.15) is 0 Å². The molecule has 0 saturated carbocycles. The van der Waals surface area contributed by atoms with Gasteiger partial charge in [-0.3, -0.25) is 4.98 Å². The molecule has 1 N–H and O–H groups in total. The molecule has 1 aliphatic rings. The molecule has 3 atom stereocenters. The Hall–Kier alpha value is -1.61. The van der Waals surface area contributed by atoms with E-state index in [0.717, 1.165) is 12.1 Å². The number of pyridine rings is 1. The Kier molecular flexibility index (Phi) is 3.62. The van der Waals surface area contributed by atoms with Crippen LogP contribution in [0.5, 0.6) is 0 Å². The summed E-state index contributed by atoms with van der Waals surface area (Å²) in [5, 5.41) is 4.72. The maximum Gasteiger partial charge on any atom is 0.0722 e. The smallest absolute Gasteiger partial charge is 0.0722 e. The van der Waals surface area contributed by atoms with E-state index >= 15 is 0 Å². The van der Waals surface area contributed by atoms with E-state index in [2.05, 4.69) is 60.4 Å². The van der Waals surface area contributed by atoms with Gasteiger partial charge in [-0.1, -0.05) is 13.0 Å². The Balaban J connectivity index is 1.99. The van der Waals surface area contributed by atoms with Gasteiger partial charge in [0.2, 0.25) is 0 Å². The van der Waals surface area contributed by atoms with E-state index in [1.165, 1.54) is 17.5 Å². The average Bonchev–Trinajstić information content (AvgIpc) is 2.50. The lowest BCUT2D eigenvalue weighted by Gasteiger charge is -2.44. The van der Waals surface area contributed by atoms with Gasteiger partial charge in [-0.15, -0.1) is 0 Å². The molecule has 0 aliphatic carbocycles. The third-order valence-corrected chi connectivity index (χ3v) is 4.87. The van der Waals surface area contributed by atoms with Gasteiger partial charge in [0.25, 0.3) is 0 Å². The Morgan fingerprint density at radius 2 is 2.05 bits per heavy atom. The first kappa shape index (κ1) is 13.4. The number of anilines is 1. The molecule has 3 heteroatoms. The number of nitrogens with one attached hydrogen (secondary N) is 1. The van der Waals surface area contributed by atoms with Gasteiger partial charge in [0, 0.05) is 35.9 Å². The maximum atomic E-state index is 4.47. The second-order valence-electron chi connectivity index (χ2n) is 5.82. The summed E-state index contributed by atoms with van der Waals surface area (Å²) in [6.07, 6.45) is 3.06. The minimum atomic E-state index is 0.534. The third-order valence-electron chi connectivity index (χ3n) is 4.87. The molecule has 1 aromatic carbocycles. The molecule has 1 aromatic heterocycles. The molecule has 2 aromatic rings. The molecule has 0 bridgehead atoms. The summed E-state index contributed by atoms with van der Waals surface area (Å²) in [6, 6.07) is 11.8. The van der Waals surface area contributed by atoms with Gasteiger partial charge in [0.1, 0.15) is 0 Å². The molecule has 3 rings (SSSR count). The summed E-state index contributed by atoms with van der Waals surface area (Å²) in [4.78, 5) is 7.02. The fourth-order valence-electron chi connectivity index (χ4n) is 3.45. The molecule has 3 nitrogen and oxygen atoms in total. The molecule has 0 radical (unpaired) electrons. The lowest BCUT2D eigenvalue weighted by Crippen LogP contribution is -2.52. The first-order chi connectivity index (χ1) is 9.72. The Morgan fingerprint density at radius 3 is 2.85 bits per heavy atom. The van der Waals surface area contributed by atoms with Crippen molar-refractivity contribution in [1.82, 2.24) is 10.3 Å². The van der Waals surface area contributed by atoms with Crippen molar-refractivity contribution in [2.75, 3.05) is 18.5 Å². The fourth-order valence-corrected chi connectivity index (χ4v) is 3.45. The molecular formula is C17H23N3. The predicted octanol–water partition coefficient (Wildman–Crippen LogP) is 3.06. The van der Waals surface area contributed by atoms with E-state index in [4.69, 9.17) is 0 Å². The van der Waals surface area contributed by atoms with Crippen LogP contribution in [0.1, 0.15) is 20.3 Å². The maximum absolute atomic E-state index is 4.47. The zero-order chi connectivity index (χ0) is 14.1. The molecule has 0 spiro atoms. The lowest BCUT2D eigenvalue weighted by molar-refractivity contribution is 0.283. The molecule has 1 fully saturated rings. The Bertz CT molecular complexity index is 590. The van der Waals surface area contributed by atoms with E-state index < -0.39 is 0 Å². The number of benzene rings is 1.